The van der Waals surface area contributed by atoms with Crippen LogP contribution < -0.4 is 15.3 Å². The molecular weight excluding hydrogens is 530 g/mol. The average Bonchev–Trinajstić information content (AvgIpc) is 3.68. The first kappa shape index (κ1) is 25.8. The third-order valence-electron chi connectivity index (χ3n) is 6.50. The first-order valence-electron chi connectivity index (χ1n) is 11.6. The number of nitrogens with zero attached hydrogens (tertiary/aromatic N) is 4. The molecule has 3 aromatic heterocycles. The number of aryl methyl sites for hydroxylation is 1. The van der Waals surface area contributed by atoms with Crippen molar-refractivity contribution in [2.75, 3.05) is 0 Å². The van der Waals surface area contributed by atoms with Gasteiger partial charge in [-0.15, -0.1) is 0 Å². The van der Waals surface area contributed by atoms with Crippen molar-refractivity contribution in [2.24, 2.45) is 5.14 Å². The number of sulfonamides is 1. The number of pyridine rings is 1. The fourth-order valence-corrected chi connectivity index (χ4v) is 5.12. The first-order valence-corrected chi connectivity index (χ1v) is 13.5. The Morgan fingerprint density at radius 2 is 1.89 bits per heavy atom. The molecule has 1 aliphatic carbocycles. The van der Waals surface area contributed by atoms with Gasteiger partial charge in [-0.05, 0) is 63.4 Å². The van der Waals surface area contributed by atoms with Crippen LogP contribution in [0.1, 0.15) is 48.4 Å². The van der Waals surface area contributed by atoms with Gasteiger partial charge in [-0.1, -0.05) is 11.6 Å². The van der Waals surface area contributed by atoms with Gasteiger partial charge < -0.3 is 9.15 Å². The Bertz CT molecular complexity index is 1810. The lowest BCUT2D eigenvalue weighted by Crippen LogP contribution is -2.17. The molecule has 0 amide bonds. The van der Waals surface area contributed by atoms with E-state index in [1.807, 2.05) is 6.92 Å². The lowest BCUT2D eigenvalue weighted by atomic mass is 10.0. The minimum absolute atomic E-state index is 0.0586. The molecule has 0 aliphatic heterocycles. The lowest BCUT2D eigenvalue weighted by molar-refractivity contribution is 0.219. The molecule has 1 fully saturated rings. The monoisotopic (exact) mass is 551 g/mol. The van der Waals surface area contributed by atoms with Gasteiger partial charge in [0.05, 0.1) is 17.0 Å². The van der Waals surface area contributed by atoms with Crippen molar-refractivity contribution in [1.29, 1.82) is 5.26 Å². The standard InChI is InChI=1S/C26H22ClN5O5S/c1-13-8-17(15(3)36-19-4-5-20(27)32-24(19)38(29,34)35)23-18(9-13)21(33)14(2)22(37-23)16-10-30-25(31-11-16)26(12-28)6-7-26/h4-5,8-11,15H,6-7H2,1-3H3,(H2,29,34,35)/t15-/m1/s1. The highest BCUT2D eigenvalue weighted by Gasteiger charge is 2.47. The summed E-state index contributed by atoms with van der Waals surface area (Å²) in [7, 11) is -4.23. The molecule has 1 saturated carbocycles. The fourth-order valence-electron chi connectivity index (χ4n) is 4.30. The number of nitrogens with two attached hydrogens (primary N) is 1. The van der Waals surface area contributed by atoms with Gasteiger partial charge >= 0.3 is 0 Å². The van der Waals surface area contributed by atoms with E-state index in [0.29, 0.717) is 40.7 Å². The molecule has 194 valence electrons. The van der Waals surface area contributed by atoms with Crippen molar-refractivity contribution in [2.45, 2.75) is 50.2 Å². The van der Waals surface area contributed by atoms with Gasteiger partial charge in [-0.3, -0.25) is 4.79 Å². The predicted octanol–water partition coefficient (Wildman–Crippen LogP) is 4.26. The first-order chi connectivity index (χ1) is 17.9. The second-order valence-corrected chi connectivity index (χ2v) is 11.2. The van der Waals surface area contributed by atoms with Gasteiger partial charge in [0.15, 0.2) is 11.2 Å². The molecule has 0 bridgehead atoms. The number of primary sulfonamides is 1. The van der Waals surface area contributed by atoms with Crippen molar-refractivity contribution in [3.8, 4) is 23.1 Å². The third kappa shape index (κ3) is 4.51. The van der Waals surface area contributed by atoms with Crippen LogP contribution in [-0.2, 0) is 15.4 Å². The van der Waals surface area contributed by atoms with Crippen LogP contribution >= 0.6 is 11.6 Å². The Morgan fingerprint density at radius 3 is 2.50 bits per heavy atom. The van der Waals surface area contributed by atoms with E-state index in [2.05, 4.69) is 21.0 Å². The zero-order valence-electron chi connectivity index (χ0n) is 20.6. The van der Waals surface area contributed by atoms with Crippen LogP contribution in [0, 0.1) is 25.2 Å². The van der Waals surface area contributed by atoms with Crippen LogP contribution in [-0.4, -0.2) is 23.4 Å². The second kappa shape index (κ2) is 9.16. The summed E-state index contributed by atoms with van der Waals surface area (Å²) in [6.07, 6.45) is 3.74. The number of ether oxygens (including phenoxy) is 1. The van der Waals surface area contributed by atoms with Crippen molar-refractivity contribution in [3.05, 3.63) is 74.6 Å². The largest absolute Gasteiger partial charge is 0.483 e. The quantitative estimate of drug-likeness (QED) is 0.345. The molecule has 0 unspecified atom stereocenters. The van der Waals surface area contributed by atoms with E-state index in [4.69, 9.17) is 25.9 Å². The molecule has 10 nitrogen and oxygen atoms in total. The molecule has 1 aliphatic rings. The normalized spacial score (nSPS) is 15.2. The number of fused-ring (bicyclic) bond motifs is 1. The van der Waals surface area contributed by atoms with Crippen molar-refractivity contribution >= 4 is 32.6 Å². The zero-order valence-corrected chi connectivity index (χ0v) is 22.2. The second-order valence-electron chi connectivity index (χ2n) is 9.35. The fraction of sp³-hybridized carbons (Fsp3) is 0.269. The molecule has 4 aromatic rings. The van der Waals surface area contributed by atoms with Crippen LogP contribution in [0.3, 0.4) is 0 Å². The van der Waals surface area contributed by atoms with Gasteiger partial charge in [-0.2, -0.15) is 5.26 Å². The predicted molar refractivity (Wildman–Crippen MR) is 139 cm³/mol. The number of rotatable bonds is 6. The highest BCUT2D eigenvalue weighted by Crippen LogP contribution is 2.46. The molecule has 12 heteroatoms. The molecule has 5 rings (SSSR count). The Labute approximate surface area is 223 Å². The van der Waals surface area contributed by atoms with Crippen LogP contribution in [0.15, 0.2) is 50.9 Å². The molecule has 1 atom stereocenters. The Kier molecular flexibility index (Phi) is 6.22. The molecule has 1 aromatic carbocycles. The molecule has 38 heavy (non-hydrogen) atoms. The van der Waals surface area contributed by atoms with E-state index in [9.17, 15) is 18.5 Å². The Hall–Kier alpha value is -3.85. The number of aromatic nitrogens is 3. The number of nitriles is 1. The smallest absolute Gasteiger partial charge is 0.259 e. The zero-order chi connectivity index (χ0) is 27.4. The van der Waals surface area contributed by atoms with E-state index in [0.717, 1.165) is 5.56 Å². The Morgan fingerprint density at radius 1 is 1.21 bits per heavy atom. The van der Waals surface area contributed by atoms with Gasteiger partial charge in [0, 0.05) is 23.5 Å². The highest BCUT2D eigenvalue weighted by molar-refractivity contribution is 7.89. The molecule has 3 heterocycles. The minimum Gasteiger partial charge on any atom is -0.483 e. The maximum atomic E-state index is 13.4. The molecule has 2 N–H and O–H groups in total. The van der Waals surface area contributed by atoms with E-state index >= 15 is 0 Å². The summed E-state index contributed by atoms with van der Waals surface area (Å²) in [6, 6.07) is 8.52. The summed E-state index contributed by atoms with van der Waals surface area (Å²) in [4.78, 5) is 26.0. The summed E-state index contributed by atoms with van der Waals surface area (Å²) in [5.41, 5.74) is 1.54. The van der Waals surface area contributed by atoms with Crippen LogP contribution in [0.5, 0.6) is 5.75 Å². The van der Waals surface area contributed by atoms with Crippen molar-refractivity contribution in [1.82, 2.24) is 15.0 Å². The molecule has 0 saturated heterocycles. The van der Waals surface area contributed by atoms with Crippen LogP contribution in [0.2, 0.25) is 5.15 Å². The number of benzene rings is 1. The van der Waals surface area contributed by atoms with Crippen LogP contribution in [0.4, 0.5) is 0 Å². The van der Waals surface area contributed by atoms with Gasteiger partial charge in [-0.25, -0.2) is 28.5 Å². The van der Waals surface area contributed by atoms with E-state index in [-0.39, 0.29) is 27.7 Å². The number of halogens is 1. The van der Waals surface area contributed by atoms with E-state index in [1.54, 1.807) is 38.4 Å². The highest BCUT2D eigenvalue weighted by atomic mass is 35.5. The van der Waals surface area contributed by atoms with Gasteiger partial charge in [0.1, 0.15) is 33.8 Å². The summed E-state index contributed by atoms with van der Waals surface area (Å²) in [6.45, 7) is 5.17. The molecular formula is C26H22ClN5O5S. The summed E-state index contributed by atoms with van der Waals surface area (Å²) in [5.74, 6) is 0.640. The summed E-state index contributed by atoms with van der Waals surface area (Å²) >= 11 is 5.87. The van der Waals surface area contributed by atoms with Gasteiger partial charge in [0.25, 0.3) is 10.0 Å². The maximum absolute atomic E-state index is 13.4. The lowest BCUT2D eigenvalue weighted by Gasteiger charge is -2.19. The van der Waals surface area contributed by atoms with Crippen LogP contribution in [0.25, 0.3) is 22.3 Å². The minimum atomic E-state index is -4.23. The van der Waals surface area contributed by atoms with E-state index < -0.39 is 26.6 Å². The molecule has 0 radical (unpaired) electrons. The molecule has 0 spiro atoms. The average molecular weight is 552 g/mol. The van der Waals surface area contributed by atoms with Crippen molar-refractivity contribution in [3.63, 3.8) is 0 Å². The Balaban J connectivity index is 1.62. The van der Waals surface area contributed by atoms with E-state index in [1.165, 1.54) is 12.1 Å². The van der Waals surface area contributed by atoms with Gasteiger partial charge in [0.2, 0.25) is 5.03 Å². The third-order valence-corrected chi connectivity index (χ3v) is 7.54. The van der Waals surface area contributed by atoms with Crippen molar-refractivity contribution < 1.29 is 17.6 Å². The number of hydrogen-bond donors (Lipinski definition) is 1. The topological polar surface area (TPSA) is 162 Å². The SMILES string of the molecule is Cc1cc([C@@H](C)Oc2ccc(Cl)nc2S(N)(=O)=O)c2oc(-c3cnc(C4(C#N)CC4)nc3)c(C)c(=O)c2c1. The maximum Gasteiger partial charge on any atom is 0.259 e. The number of hydrogen-bond acceptors (Lipinski definition) is 9. The summed E-state index contributed by atoms with van der Waals surface area (Å²) < 4.78 is 36.4. The summed E-state index contributed by atoms with van der Waals surface area (Å²) in [5, 5.41) is 14.5.